The average Bonchev–Trinajstić information content (AvgIpc) is 2.30. The molecule has 0 bridgehead atoms. The highest BCUT2D eigenvalue weighted by molar-refractivity contribution is 5.23. The zero-order valence-corrected chi connectivity index (χ0v) is 9.95. The average molecular weight is 219 g/mol. The van der Waals surface area contributed by atoms with Crippen molar-refractivity contribution in [3.63, 3.8) is 0 Å². The third-order valence-electron chi connectivity index (χ3n) is 3.34. The normalized spacial score (nSPS) is 23.0. The van der Waals surface area contributed by atoms with Crippen molar-refractivity contribution in [1.29, 1.82) is 0 Å². The van der Waals surface area contributed by atoms with Crippen LogP contribution in [-0.2, 0) is 6.42 Å². The van der Waals surface area contributed by atoms with Gasteiger partial charge >= 0.3 is 0 Å². The van der Waals surface area contributed by atoms with Crippen molar-refractivity contribution >= 4 is 0 Å². The van der Waals surface area contributed by atoms with E-state index in [2.05, 4.69) is 36.5 Å². The van der Waals surface area contributed by atoms with E-state index < -0.39 is 0 Å². The van der Waals surface area contributed by atoms with E-state index in [1.54, 1.807) is 0 Å². The third-order valence-corrected chi connectivity index (χ3v) is 3.34. The van der Waals surface area contributed by atoms with Crippen LogP contribution in [0.1, 0.15) is 30.4 Å². The van der Waals surface area contributed by atoms with E-state index >= 15 is 0 Å². The quantitative estimate of drug-likeness (QED) is 0.815. The Hall–Kier alpha value is -0.860. The number of benzene rings is 1. The second-order valence-electron chi connectivity index (χ2n) is 4.82. The first kappa shape index (κ1) is 11.6. The predicted molar refractivity (Wildman–Crippen MR) is 66.5 cm³/mol. The topological polar surface area (TPSA) is 32.3 Å². The molecule has 1 aromatic carbocycles. The summed E-state index contributed by atoms with van der Waals surface area (Å²) in [5.74, 6) is 0. The van der Waals surface area contributed by atoms with Crippen molar-refractivity contribution < 1.29 is 5.11 Å². The zero-order chi connectivity index (χ0) is 11.4. The van der Waals surface area contributed by atoms with Crippen LogP contribution in [0.2, 0.25) is 0 Å². The van der Waals surface area contributed by atoms with Crippen molar-refractivity contribution in [3.05, 3.63) is 35.4 Å². The van der Waals surface area contributed by atoms with Crippen LogP contribution < -0.4 is 5.32 Å². The number of piperidine rings is 1. The Bertz CT molecular complexity index is 331. The van der Waals surface area contributed by atoms with E-state index in [0.29, 0.717) is 0 Å². The number of hydrogen-bond acceptors (Lipinski definition) is 2. The molecular formula is C14H21NO. The number of aliphatic hydroxyl groups is 1. The minimum absolute atomic E-state index is 0.248. The number of aliphatic hydroxyl groups excluding tert-OH is 1. The molecule has 0 amide bonds. The van der Waals surface area contributed by atoms with Crippen LogP contribution in [0.25, 0.3) is 0 Å². The van der Waals surface area contributed by atoms with Gasteiger partial charge in [-0.25, -0.2) is 0 Å². The number of aryl methyl sites for hydroxylation is 1. The first-order valence-corrected chi connectivity index (χ1v) is 6.23. The summed E-state index contributed by atoms with van der Waals surface area (Å²) in [6, 6.07) is 8.69. The Labute approximate surface area is 97.7 Å². The minimum Gasteiger partial charge on any atom is -0.391 e. The Morgan fingerprint density at radius 2 is 2.31 bits per heavy atom. The van der Waals surface area contributed by atoms with Gasteiger partial charge in [0.05, 0.1) is 6.10 Å². The fraction of sp³-hybridized carbons (Fsp3) is 0.571. The molecule has 88 valence electrons. The molecule has 0 aliphatic carbocycles. The van der Waals surface area contributed by atoms with Crippen LogP contribution in [0.4, 0.5) is 0 Å². The molecule has 2 heteroatoms. The zero-order valence-electron chi connectivity index (χ0n) is 9.95. The molecule has 0 spiro atoms. The smallest absolute Gasteiger partial charge is 0.0733 e. The van der Waals surface area contributed by atoms with Gasteiger partial charge in [0.1, 0.15) is 0 Å². The highest BCUT2D eigenvalue weighted by atomic mass is 16.3. The maximum atomic E-state index is 10.2. The molecule has 1 aliphatic rings. The lowest BCUT2D eigenvalue weighted by atomic mass is 9.95. The van der Waals surface area contributed by atoms with Gasteiger partial charge in [0.25, 0.3) is 0 Å². The summed E-state index contributed by atoms with van der Waals surface area (Å²) in [5, 5.41) is 13.6. The molecule has 1 fully saturated rings. The summed E-state index contributed by atoms with van der Waals surface area (Å²) in [4.78, 5) is 0. The first-order valence-electron chi connectivity index (χ1n) is 6.23. The van der Waals surface area contributed by atoms with Gasteiger partial charge in [-0.3, -0.25) is 0 Å². The van der Waals surface area contributed by atoms with Crippen LogP contribution in [0.5, 0.6) is 0 Å². The van der Waals surface area contributed by atoms with Crippen molar-refractivity contribution in [2.45, 2.75) is 44.8 Å². The van der Waals surface area contributed by atoms with Gasteiger partial charge in [0.15, 0.2) is 0 Å². The number of rotatable bonds is 3. The molecule has 1 aromatic rings. The van der Waals surface area contributed by atoms with Gasteiger partial charge in [-0.1, -0.05) is 36.2 Å². The third kappa shape index (κ3) is 3.06. The van der Waals surface area contributed by atoms with Gasteiger partial charge in [-0.05, 0) is 38.3 Å². The highest BCUT2D eigenvalue weighted by Gasteiger charge is 2.21. The van der Waals surface area contributed by atoms with Gasteiger partial charge in [-0.2, -0.15) is 0 Å². The van der Waals surface area contributed by atoms with Crippen molar-refractivity contribution in [2.24, 2.45) is 0 Å². The molecular weight excluding hydrogens is 198 g/mol. The molecule has 1 saturated heterocycles. The van der Waals surface area contributed by atoms with Crippen LogP contribution in [-0.4, -0.2) is 23.8 Å². The summed E-state index contributed by atoms with van der Waals surface area (Å²) >= 11 is 0. The Balaban J connectivity index is 1.93. The molecule has 2 N–H and O–H groups in total. The minimum atomic E-state index is -0.248. The lowest BCUT2D eigenvalue weighted by molar-refractivity contribution is 0.113. The predicted octanol–water partition coefficient (Wildman–Crippen LogP) is 2.04. The van der Waals surface area contributed by atoms with E-state index in [9.17, 15) is 5.11 Å². The fourth-order valence-corrected chi connectivity index (χ4v) is 2.43. The Morgan fingerprint density at radius 1 is 1.44 bits per heavy atom. The summed E-state index contributed by atoms with van der Waals surface area (Å²) in [6.07, 6.45) is 4.10. The summed E-state index contributed by atoms with van der Waals surface area (Å²) in [7, 11) is 0. The van der Waals surface area contributed by atoms with E-state index in [1.165, 1.54) is 24.0 Å². The van der Waals surface area contributed by atoms with E-state index in [1.807, 2.05) is 0 Å². The molecule has 0 radical (unpaired) electrons. The molecule has 2 unspecified atom stereocenters. The monoisotopic (exact) mass is 219 g/mol. The lowest BCUT2D eigenvalue weighted by Gasteiger charge is -2.28. The van der Waals surface area contributed by atoms with Crippen molar-refractivity contribution in [2.75, 3.05) is 6.54 Å². The standard InChI is InChI=1S/C14H21NO/c1-11-5-4-6-12(9-11)10-14(16)13-7-2-3-8-15-13/h4-6,9,13-16H,2-3,7-8,10H2,1H3. The summed E-state index contributed by atoms with van der Waals surface area (Å²) < 4.78 is 0. The summed E-state index contributed by atoms with van der Waals surface area (Å²) in [5.41, 5.74) is 2.50. The number of hydrogen-bond donors (Lipinski definition) is 2. The second-order valence-corrected chi connectivity index (χ2v) is 4.82. The number of nitrogens with one attached hydrogen (secondary N) is 1. The lowest BCUT2D eigenvalue weighted by Crippen LogP contribution is -2.44. The first-order chi connectivity index (χ1) is 7.75. The van der Waals surface area contributed by atoms with Crippen LogP contribution >= 0.6 is 0 Å². The Morgan fingerprint density at radius 3 is 3.00 bits per heavy atom. The van der Waals surface area contributed by atoms with Crippen LogP contribution in [0, 0.1) is 6.92 Å². The summed E-state index contributed by atoms with van der Waals surface area (Å²) in [6.45, 7) is 3.14. The second kappa shape index (κ2) is 5.46. The SMILES string of the molecule is Cc1cccc(CC(O)C2CCCCN2)c1. The maximum Gasteiger partial charge on any atom is 0.0733 e. The van der Waals surface area contributed by atoms with E-state index in [-0.39, 0.29) is 12.1 Å². The molecule has 2 rings (SSSR count). The largest absolute Gasteiger partial charge is 0.391 e. The molecule has 16 heavy (non-hydrogen) atoms. The van der Waals surface area contributed by atoms with Crippen molar-refractivity contribution in [3.8, 4) is 0 Å². The van der Waals surface area contributed by atoms with E-state index in [0.717, 1.165) is 19.4 Å². The molecule has 0 saturated carbocycles. The molecule has 1 heterocycles. The fourth-order valence-electron chi connectivity index (χ4n) is 2.43. The van der Waals surface area contributed by atoms with Crippen LogP contribution in [0.15, 0.2) is 24.3 Å². The van der Waals surface area contributed by atoms with E-state index in [4.69, 9.17) is 0 Å². The van der Waals surface area contributed by atoms with Gasteiger partial charge in [-0.15, -0.1) is 0 Å². The molecule has 1 aliphatic heterocycles. The Kier molecular flexibility index (Phi) is 3.97. The van der Waals surface area contributed by atoms with Gasteiger partial charge in [0, 0.05) is 6.04 Å². The molecule has 2 nitrogen and oxygen atoms in total. The molecule has 0 aromatic heterocycles. The molecule has 2 atom stereocenters. The maximum absolute atomic E-state index is 10.2. The van der Waals surface area contributed by atoms with Gasteiger partial charge in [0.2, 0.25) is 0 Å². The van der Waals surface area contributed by atoms with Crippen molar-refractivity contribution in [1.82, 2.24) is 5.32 Å². The van der Waals surface area contributed by atoms with Gasteiger partial charge < -0.3 is 10.4 Å². The van der Waals surface area contributed by atoms with Crippen LogP contribution in [0.3, 0.4) is 0 Å². The highest BCUT2D eigenvalue weighted by Crippen LogP contribution is 2.14.